The lowest BCUT2D eigenvalue weighted by molar-refractivity contribution is 0.00661. The van der Waals surface area contributed by atoms with Crippen LogP contribution in [0, 0.1) is 47.3 Å². The highest BCUT2D eigenvalue weighted by Gasteiger charge is 2.58. The lowest BCUT2D eigenvalue weighted by Crippen LogP contribution is -2.32. The van der Waals surface area contributed by atoms with Crippen molar-refractivity contribution in [2.24, 2.45) is 47.3 Å². The van der Waals surface area contributed by atoms with Crippen LogP contribution in [0.4, 0.5) is 0 Å². The second-order valence-corrected chi connectivity index (χ2v) is 11.4. The molecule has 6 rings (SSSR count). The maximum Gasteiger partial charge on any atom is 0.472 e. The first-order valence-electron chi connectivity index (χ1n) is 10.8. The summed E-state index contributed by atoms with van der Waals surface area (Å²) in [5.74, 6) is 5.79. The van der Waals surface area contributed by atoms with Crippen LogP contribution >= 0.6 is 7.82 Å². The lowest BCUT2D eigenvalue weighted by Gasteiger charge is -2.35. The van der Waals surface area contributed by atoms with E-state index >= 15 is 0 Å². The van der Waals surface area contributed by atoms with Crippen molar-refractivity contribution in [3.63, 3.8) is 0 Å². The van der Waals surface area contributed by atoms with Gasteiger partial charge in [-0.25, -0.2) is 4.57 Å². The van der Waals surface area contributed by atoms with Crippen LogP contribution in [-0.2, 0) is 13.6 Å². The molecule has 4 nitrogen and oxygen atoms in total. The van der Waals surface area contributed by atoms with Crippen molar-refractivity contribution in [1.29, 1.82) is 0 Å². The van der Waals surface area contributed by atoms with Gasteiger partial charge in [-0.2, -0.15) is 0 Å². The molecule has 0 spiro atoms. The first kappa shape index (κ1) is 16.1. The lowest BCUT2D eigenvalue weighted by atomic mass is 9.80. The van der Waals surface area contributed by atoms with E-state index in [1.165, 1.54) is 51.4 Å². The Morgan fingerprint density at radius 2 is 1.08 bits per heavy atom. The Hall–Kier alpha value is 0.110. The molecule has 6 aliphatic rings. The molecular weight excluding hydrogens is 335 g/mol. The third kappa shape index (κ3) is 2.40. The van der Waals surface area contributed by atoms with Gasteiger partial charge in [0, 0.05) is 0 Å². The zero-order valence-electron chi connectivity index (χ0n) is 15.0. The molecule has 1 N–H and O–H groups in total. The minimum absolute atomic E-state index is 0.0296. The molecule has 4 bridgehead atoms. The van der Waals surface area contributed by atoms with Gasteiger partial charge in [-0.3, -0.25) is 9.05 Å². The van der Waals surface area contributed by atoms with Crippen molar-refractivity contribution in [2.45, 2.75) is 76.4 Å². The SMILES string of the molecule is O=P(O)(O[C@H]1C[C@H]2C[C@H]1[C@@H]1CCC[C@H]21)O[C@H]1C[C@H]2C[C@H]1[C@@H]1CCC[C@H]21. The van der Waals surface area contributed by atoms with Crippen LogP contribution in [0.25, 0.3) is 0 Å². The number of hydrogen-bond donors (Lipinski definition) is 1. The van der Waals surface area contributed by atoms with Crippen LogP contribution in [0.3, 0.4) is 0 Å². The summed E-state index contributed by atoms with van der Waals surface area (Å²) in [6, 6.07) is 0. The molecular formula is C20H31O4P. The van der Waals surface area contributed by atoms with Gasteiger partial charge in [-0.15, -0.1) is 0 Å². The monoisotopic (exact) mass is 366 g/mol. The Morgan fingerprint density at radius 3 is 1.56 bits per heavy atom. The Morgan fingerprint density at radius 1 is 0.640 bits per heavy atom. The maximum absolute atomic E-state index is 12.8. The number of fused-ring (bicyclic) bond motifs is 10. The van der Waals surface area contributed by atoms with Gasteiger partial charge in [0.05, 0.1) is 12.2 Å². The molecule has 0 saturated heterocycles. The summed E-state index contributed by atoms with van der Waals surface area (Å²) in [5.41, 5.74) is 0. The molecule has 6 saturated carbocycles. The van der Waals surface area contributed by atoms with Crippen LogP contribution in [0.2, 0.25) is 0 Å². The van der Waals surface area contributed by atoms with E-state index in [0.717, 1.165) is 48.3 Å². The second-order valence-electron chi connectivity index (χ2n) is 10.1. The molecule has 140 valence electrons. The smallest absolute Gasteiger partial charge is 0.302 e. The van der Waals surface area contributed by atoms with E-state index in [2.05, 4.69) is 0 Å². The number of phosphoric ester groups is 1. The van der Waals surface area contributed by atoms with Crippen LogP contribution in [-0.4, -0.2) is 17.1 Å². The summed E-state index contributed by atoms with van der Waals surface area (Å²) >= 11 is 0. The van der Waals surface area contributed by atoms with Crippen molar-refractivity contribution in [3.8, 4) is 0 Å². The van der Waals surface area contributed by atoms with E-state index in [4.69, 9.17) is 9.05 Å². The highest BCUT2D eigenvalue weighted by Crippen LogP contribution is 2.65. The summed E-state index contributed by atoms with van der Waals surface area (Å²) in [6.07, 6.45) is 12.4. The fourth-order valence-corrected chi connectivity index (χ4v) is 9.84. The minimum atomic E-state index is -3.92. The van der Waals surface area contributed by atoms with E-state index in [9.17, 15) is 9.46 Å². The Labute approximate surface area is 150 Å². The van der Waals surface area contributed by atoms with E-state index in [1.807, 2.05) is 0 Å². The number of rotatable bonds is 4. The average Bonchev–Trinajstić information content (AvgIpc) is 3.33. The zero-order chi connectivity index (χ0) is 16.8. The van der Waals surface area contributed by atoms with E-state index in [-0.39, 0.29) is 12.2 Å². The molecule has 25 heavy (non-hydrogen) atoms. The first-order valence-corrected chi connectivity index (χ1v) is 12.3. The minimum Gasteiger partial charge on any atom is -0.302 e. The summed E-state index contributed by atoms with van der Waals surface area (Å²) in [7, 11) is -3.92. The average molecular weight is 366 g/mol. The Bertz CT molecular complexity index is 561. The topological polar surface area (TPSA) is 55.8 Å². The summed E-state index contributed by atoms with van der Waals surface area (Å²) in [5, 5.41) is 0. The third-order valence-electron chi connectivity index (χ3n) is 9.27. The van der Waals surface area contributed by atoms with Gasteiger partial charge in [0.15, 0.2) is 0 Å². The molecule has 6 aliphatic carbocycles. The fourth-order valence-electron chi connectivity index (χ4n) is 8.62. The van der Waals surface area contributed by atoms with Crippen molar-refractivity contribution < 1.29 is 18.5 Å². The van der Waals surface area contributed by atoms with Crippen molar-refractivity contribution in [2.75, 3.05) is 0 Å². The van der Waals surface area contributed by atoms with Crippen LogP contribution in [0.1, 0.15) is 64.2 Å². The fraction of sp³-hybridized carbons (Fsp3) is 1.00. The van der Waals surface area contributed by atoms with Gasteiger partial charge in [0.1, 0.15) is 0 Å². The standard InChI is InChI=1S/C20H31O4P/c21-25(22,23-19-9-11-7-17(19)15-5-1-3-13(11)15)24-20-10-12-8-18(20)16-6-2-4-14(12)16/h11-20H,1-10H2,(H,21,22)/t11-,12-,13-,14-,15-,16-,17+,18+,19+,20+/m1/s1. The number of phosphoric acid groups is 1. The molecule has 0 aliphatic heterocycles. The van der Waals surface area contributed by atoms with Gasteiger partial charge in [-0.05, 0) is 98.7 Å². The summed E-state index contributed by atoms with van der Waals surface area (Å²) < 4.78 is 24.4. The molecule has 0 unspecified atom stereocenters. The normalized spacial score (nSPS) is 55.9. The van der Waals surface area contributed by atoms with Gasteiger partial charge < -0.3 is 4.89 Å². The van der Waals surface area contributed by atoms with Crippen LogP contribution in [0.5, 0.6) is 0 Å². The molecule has 0 aromatic heterocycles. The summed E-state index contributed by atoms with van der Waals surface area (Å²) in [4.78, 5) is 10.5. The third-order valence-corrected chi connectivity index (χ3v) is 10.3. The molecule has 0 radical (unpaired) electrons. The van der Waals surface area contributed by atoms with Crippen molar-refractivity contribution >= 4 is 7.82 Å². The first-order chi connectivity index (χ1) is 12.1. The van der Waals surface area contributed by atoms with Crippen molar-refractivity contribution in [3.05, 3.63) is 0 Å². The quantitative estimate of drug-likeness (QED) is 0.728. The van der Waals surface area contributed by atoms with Gasteiger partial charge in [-0.1, -0.05) is 12.8 Å². The molecule has 0 aromatic carbocycles. The molecule has 10 atom stereocenters. The zero-order valence-corrected chi connectivity index (χ0v) is 15.9. The highest BCUT2D eigenvalue weighted by atomic mass is 31.2. The van der Waals surface area contributed by atoms with Crippen LogP contribution < -0.4 is 0 Å². The molecule has 0 aromatic rings. The van der Waals surface area contributed by atoms with Gasteiger partial charge in [0.25, 0.3) is 0 Å². The predicted octanol–water partition coefficient (Wildman–Crippen LogP) is 4.77. The Balaban J connectivity index is 1.12. The highest BCUT2D eigenvalue weighted by molar-refractivity contribution is 7.47. The molecule has 5 heteroatoms. The molecule has 0 heterocycles. The Kier molecular flexibility index (Phi) is 3.58. The van der Waals surface area contributed by atoms with E-state index in [0.29, 0.717) is 11.8 Å². The predicted molar refractivity (Wildman–Crippen MR) is 93.7 cm³/mol. The van der Waals surface area contributed by atoms with Crippen LogP contribution in [0.15, 0.2) is 0 Å². The second kappa shape index (κ2) is 5.56. The van der Waals surface area contributed by atoms with E-state index < -0.39 is 7.82 Å². The van der Waals surface area contributed by atoms with Gasteiger partial charge in [0.2, 0.25) is 0 Å². The van der Waals surface area contributed by atoms with E-state index in [1.54, 1.807) is 0 Å². The summed E-state index contributed by atoms with van der Waals surface area (Å²) in [6.45, 7) is 0. The molecule has 0 amide bonds. The maximum atomic E-state index is 12.8. The van der Waals surface area contributed by atoms with Gasteiger partial charge >= 0.3 is 7.82 Å². The molecule has 6 fully saturated rings. The largest absolute Gasteiger partial charge is 0.472 e. The van der Waals surface area contributed by atoms with Crippen molar-refractivity contribution in [1.82, 2.24) is 0 Å². The number of hydrogen-bond acceptors (Lipinski definition) is 3.